The Morgan fingerprint density at radius 3 is 2.81 bits per heavy atom. The Kier molecular flexibility index (Phi) is 5.16. The summed E-state index contributed by atoms with van der Waals surface area (Å²) in [6.07, 6.45) is 0.846. The Morgan fingerprint density at radius 1 is 1.38 bits per heavy atom. The Hall–Kier alpha value is -2.08. The van der Waals surface area contributed by atoms with Gasteiger partial charge in [-0.2, -0.15) is 0 Å². The van der Waals surface area contributed by atoms with Gasteiger partial charge in [0.15, 0.2) is 0 Å². The molecule has 0 bridgehead atoms. The maximum absolute atomic E-state index is 11.7. The second-order valence-corrected chi connectivity index (χ2v) is 4.86. The first-order valence-electron chi connectivity index (χ1n) is 6.69. The molecule has 0 spiro atoms. The third kappa shape index (κ3) is 3.72. The van der Waals surface area contributed by atoms with Gasteiger partial charge in [-0.05, 0) is 18.6 Å². The predicted octanol–water partition coefficient (Wildman–Crippen LogP) is 2.94. The summed E-state index contributed by atoms with van der Waals surface area (Å²) in [5.41, 5.74) is 0.680. The first kappa shape index (κ1) is 15.3. The molecule has 21 heavy (non-hydrogen) atoms. The van der Waals surface area contributed by atoms with E-state index >= 15 is 0 Å². The molecule has 0 aliphatic rings. The average Bonchev–Trinajstić information content (AvgIpc) is 2.95. The number of carbonyl (C=O) groups is 1. The molecule has 0 radical (unpaired) electrons. The fraction of sp³-hybridized carbons (Fsp3) is 0.357. The van der Waals surface area contributed by atoms with Crippen LogP contribution in [0.2, 0.25) is 5.02 Å². The monoisotopic (exact) mass is 308 g/mol. The van der Waals surface area contributed by atoms with Crippen molar-refractivity contribution >= 4 is 17.6 Å². The summed E-state index contributed by atoms with van der Waals surface area (Å²) in [5, 5.41) is 11.1. The fourth-order valence-electron chi connectivity index (χ4n) is 1.90. The summed E-state index contributed by atoms with van der Waals surface area (Å²) in [6, 6.07) is 7.07. The number of urea groups is 1. The highest BCUT2D eigenvalue weighted by atomic mass is 35.5. The first-order valence-corrected chi connectivity index (χ1v) is 7.07. The van der Waals surface area contributed by atoms with Crippen LogP contribution in [0.5, 0.6) is 0 Å². The van der Waals surface area contributed by atoms with Crippen molar-refractivity contribution in [3.63, 3.8) is 0 Å². The molecule has 1 aromatic heterocycles. The van der Waals surface area contributed by atoms with Crippen LogP contribution in [0.3, 0.4) is 0 Å². The number of benzene rings is 1. The van der Waals surface area contributed by atoms with E-state index in [4.69, 9.17) is 16.0 Å². The van der Waals surface area contributed by atoms with E-state index in [-0.39, 0.29) is 12.6 Å². The summed E-state index contributed by atoms with van der Waals surface area (Å²) in [7, 11) is 1.59. The number of halogens is 1. The van der Waals surface area contributed by atoms with Gasteiger partial charge in [-0.15, -0.1) is 10.2 Å². The highest BCUT2D eigenvalue weighted by molar-refractivity contribution is 6.33. The molecule has 2 amide bonds. The molecule has 2 rings (SSSR count). The lowest BCUT2D eigenvalue weighted by Crippen LogP contribution is -2.38. The minimum Gasteiger partial charge on any atom is -0.419 e. The summed E-state index contributed by atoms with van der Waals surface area (Å²) < 4.78 is 5.59. The van der Waals surface area contributed by atoms with Crippen molar-refractivity contribution in [2.45, 2.75) is 19.9 Å². The van der Waals surface area contributed by atoms with E-state index in [0.717, 1.165) is 6.42 Å². The van der Waals surface area contributed by atoms with Crippen LogP contribution in [0.1, 0.15) is 19.2 Å². The lowest BCUT2D eigenvalue weighted by atomic mass is 10.2. The smallest absolute Gasteiger partial charge is 0.317 e. The van der Waals surface area contributed by atoms with Crippen LogP contribution in [0.4, 0.5) is 4.79 Å². The van der Waals surface area contributed by atoms with Crippen LogP contribution < -0.4 is 5.32 Å². The van der Waals surface area contributed by atoms with Crippen LogP contribution >= 0.6 is 11.6 Å². The molecule has 0 unspecified atom stereocenters. The second-order valence-electron chi connectivity index (χ2n) is 4.46. The number of nitrogens with zero attached hydrogens (tertiary/aromatic N) is 3. The van der Waals surface area contributed by atoms with Gasteiger partial charge in [-0.3, -0.25) is 0 Å². The van der Waals surface area contributed by atoms with Crippen molar-refractivity contribution in [3.8, 4) is 11.5 Å². The molecule has 0 fully saturated rings. The maximum atomic E-state index is 11.7. The quantitative estimate of drug-likeness (QED) is 0.922. The molecular formula is C14H17ClN4O2. The third-order valence-electron chi connectivity index (χ3n) is 2.89. The van der Waals surface area contributed by atoms with Gasteiger partial charge in [0.25, 0.3) is 0 Å². The van der Waals surface area contributed by atoms with Crippen molar-refractivity contribution in [1.82, 2.24) is 20.4 Å². The average molecular weight is 309 g/mol. The highest BCUT2D eigenvalue weighted by Crippen LogP contribution is 2.26. The van der Waals surface area contributed by atoms with Crippen LogP contribution in [0.25, 0.3) is 11.5 Å². The number of aromatic nitrogens is 2. The number of amides is 2. The van der Waals surface area contributed by atoms with Crippen LogP contribution in [0, 0.1) is 0 Å². The van der Waals surface area contributed by atoms with Gasteiger partial charge < -0.3 is 14.6 Å². The zero-order valence-electron chi connectivity index (χ0n) is 12.0. The zero-order chi connectivity index (χ0) is 15.2. The molecule has 6 nitrogen and oxygen atoms in total. The molecule has 0 aliphatic carbocycles. The van der Waals surface area contributed by atoms with E-state index in [1.165, 1.54) is 0 Å². The van der Waals surface area contributed by atoms with E-state index < -0.39 is 0 Å². The number of hydrogen-bond acceptors (Lipinski definition) is 4. The van der Waals surface area contributed by atoms with Crippen molar-refractivity contribution in [3.05, 3.63) is 35.2 Å². The van der Waals surface area contributed by atoms with Gasteiger partial charge in [0, 0.05) is 13.6 Å². The molecule has 0 aliphatic heterocycles. The Morgan fingerprint density at radius 2 is 2.14 bits per heavy atom. The normalized spacial score (nSPS) is 10.4. The van der Waals surface area contributed by atoms with Crippen molar-refractivity contribution < 1.29 is 9.21 Å². The zero-order valence-corrected chi connectivity index (χ0v) is 12.7. The molecule has 0 atom stereocenters. The van der Waals surface area contributed by atoms with E-state index in [1.807, 2.05) is 25.1 Å². The Balaban J connectivity index is 2.16. The van der Waals surface area contributed by atoms with Crippen LogP contribution in [-0.2, 0) is 6.54 Å². The van der Waals surface area contributed by atoms with Crippen molar-refractivity contribution in [1.29, 1.82) is 0 Å². The number of rotatable bonds is 5. The molecule has 1 N–H and O–H groups in total. The van der Waals surface area contributed by atoms with Crippen molar-refractivity contribution in [2.24, 2.45) is 0 Å². The summed E-state index contributed by atoms with van der Waals surface area (Å²) in [6.45, 7) is 2.88. The van der Waals surface area contributed by atoms with E-state index in [9.17, 15) is 4.79 Å². The Labute approximate surface area is 128 Å². The summed E-state index contributed by atoms with van der Waals surface area (Å²) >= 11 is 6.09. The number of carbonyl (C=O) groups excluding carboxylic acids is 1. The fourth-order valence-corrected chi connectivity index (χ4v) is 2.12. The van der Waals surface area contributed by atoms with Crippen molar-refractivity contribution in [2.75, 3.05) is 13.6 Å². The lowest BCUT2D eigenvalue weighted by molar-refractivity contribution is 0.191. The topological polar surface area (TPSA) is 71.3 Å². The maximum Gasteiger partial charge on any atom is 0.317 e. The lowest BCUT2D eigenvalue weighted by Gasteiger charge is -2.19. The number of hydrogen-bond donors (Lipinski definition) is 1. The molecule has 0 saturated carbocycles. The van der Waals surface area contributed by atoms with E-state index in [0.29, 0.717) is 28.9 Å². The summed E-state index contributed by atoms with van der Waals surface area (Å²) in [4.78, 5) is 13.4. The van der Waals surface area contributed by atoms with Gasteiger partial charge in [0.1, 0.15) is 6.54 Å². The van der Waals surface area contributed by atoms with Gasteiger partial charge in [0.05, 0.1) is 10.6 Å². The molecule has 7 heteroatoms. The third-order valence-corrected chi connectivity index (χ3v) is 3.22. The molecule has 0 saturated heterocycles. The molecule has 1 aromatic carbocycles. The second kappa shape index (κ2) is 7.08. The van der Waals surface area contributed by atoms with E-state index in [2.05, 4.69) is 15.5 Å². The van der Waals surface area contributed by atoms with Gasteiger partial charge in [-0.1, -0.05) is 30.7 Å². The summed E-state index contributed by atoms with van der Waals surface area (Å²) in [5.74, 6) is 0.728. The van der Waals surface area contributed by atoms with E-state index in [1.54, 1.807) is 18.0 Å². The molecule has 1 heterocycles. The Bertz CT molecular complexity index is 615. The molecular weight excluding hydrogens is 292 g/mol. The molecule has 112 valence electrons. The largest absolute Gasteiger partial charge is 0.419 e. The standard InChI is InChI=1S/C14H17ClN4O2/c1-3-8-19(14(20)16-2)9-12-17-18-13(21-12)10-6-4-5-7-11(10)15/h4-7H,3,8-9H2,1-2H3,(H,16,20). The first-order chi connectivity index (χ1) is 10.2. The number of nitrogens with one attached hydrogen (secondary N) is 1. The van der Waals surface area contributed by atoms with Crippen LogP contribution in [0.15, 0.2) is 28.7 Å². The highest BCUT2D eigenvalue weighted by Gasteiger charge is 2.17. The molecule has 2 aromatic rings. The minimum absolute atomic E-state index is 0.172. The SMILES string of the molecule is CCCN(Cc1nnc(-c2ccccc2Cl)o1)C(=O)NC. The van der Waals surface area contributed by atoms with Crippen LogP contribution in [-0.4, -0.2) is 34.7 Å². The predicted molar refractivity (Wildman–Crippen MR) is 79.9 cm³/mol. The van der Waals surface area contributed by atoms with Gasteiger partial charge in [0.2, 0.25) is 11.8 Å². The van der Waals surface area contributed by atoms with Gasteiger partial charge >= 0.3 is 6.03 Å². The van der Waals surface area contributed by atoms with Gasteiger partial charge in [-0.25, -0.2) is 4.79 Å². The minimum atomic E-state index is -0.172.